The van der Waals surface area contributed by atoms with Crippen LogP contribution < -0.4 is 10.6 Å². The normalized spacial score (nSPS) is 11.2. The van der Waals surface area contributed by atoms with Crippen LogP contribution in [-0.4, -0.2) is 26.7 Å². The molecule has 0 atom stereocenters. The molecule has 0 fully saturated rings. The minimum Gasteiger partial charge on any atom is -0.380 e. The number of guanidine groups is 1. The highest BCUT2D eigenvalue weighted by molar-refractivity contribution is 14.0. The molecule has 0 saturated carbocycles. The fourth-order valence-corrected chi connectivity index (χ4v) is 1.91. The maximum absolute atomic E-state index is 5.22. The third-order valence-electron chi connectivity index (χ3n) is 3.10. The first kappa shape index (κ1) is 20.2. The Bertz CT molecular complexity index is 422. The Morgan fingerprint density at radius 1 is 1.19 bits per heavy atom. The van der Waals surface area contributed by atoms with E-state index in [-0.39, 0.29) is 24.0 Å². The molecule has 21 heavy (non-hydrogen) atoms. The number of halogens is 1. The van der Waals surface area contributed by atoms with Gasteiger partial charge in [-0.25, -0.2) is 0 Å². The molecule has 0 unspecified atom stereocenters. The Labute approximate surface area is 145 Å². The van der Waals surface area contributed by atoms with E-state index in [1.54, 1.807) is 14.2 Å². The average Bonchev–Trinajstić information content (AvgIpc) is 2.44. The molecule has 0 radical (unpaired) electrons. The number of benzene rings is 1. The minimum atomic E-state index is 0. The first-order valence-corrected chi connectivity index (χ1v) is 7.17. The van der Waals surface area contributed by atoms with Crippen LogP contribution >= 0.6 is 24.0 Å². The zero-order valence-electron chi connectivity index (χ0n) is 13.5. The van der Waals surface area contributed by atoms with Gasteiger partial charge in [-0.3, -0.25) is 4.99 Å². The van der Waals surface area contributed by atoms with E-state index in [9.17, 15) is 0 Å². The third-order valence-corrected chi connectivity index (χ3v) is 3.10. The van der Waals surface area contributed by atoms with Gasteiger partial charge in [0.05, 0.1) is 6.61 Å². The summed E-state index contributed by atoms with van der Waals surface area (Å²) in [4.78, 5) is 4.24. The fourth-order valence-electron chi connectivity index (χ4n) is 1.91. The monoisotopic (exact) mass is 405 g/mol. The molecule has 0 bridgehead atoms. The van der Waals surface area contributed by atoms with Gasteiger partial charge >= 0.3 is 0 Å². The number of ether oxygens (including phenoxy) is 1. The van der Waals surface area contributed by atoms with Gasteiger partial charge in [0.1, 0.15) is 0 Å². The summed E-state index contributed by atoms with van der Waals surface area (Å²) in [7, 11) is 3.52. The van der Waals surface area contributed by atoms with Gasteiger partial charge in [-0.1, -0.05) is 38.1 Å². The van der Waals surface area contributed by atoms with Crippen LogP contribution in [0.4, 0.5) is 0 Å². The van der Waals surface area contributed by atoms with Crippen molar-refractivity contribution in [1.82, 2.24) is 10.6 Å². The maximum atomic E-state index is 5.22. The van der Waals surface area contributed by atoms with Crippen molar-refractivity contribution in [1.29, 1.82) is 0 Å². The predicted molar refractivity (Wildman–Crippen MR) is 100 cm³/mol. The van der Waals surface area contributed by atoms with Crippen LogP contribution in [0, 0.1) is 5.92 Å². The predicted octanol–water partition coefficient (Wildman–Crippen LogP) is 3.16. The largest absolute Gasteiger partial charge is 0.380 e. The second-order valence-corrected chi connectivity index (χ2v) is 5.24. The fraction of sp³-hybridized carbons (Fsp3) is 0.562. The first-order valence-electron chi connectivity index (χ1n) is 7.17. The van der Waals surface area contributed by atoms with Crippen molar-refractivity contribution in [3.63, 3.8) is 0 Å². The Morgan fingerprint density at radius 3 is 2.43 bits per heavy atom. The molecule has 0 heterocycles. The molecule has 0 spiro atoms. The molecule has 0 saturated heterocycles. The van der Waals surface area contributed by atoms with E-state index in [1.807, 2.05) is 12.1 Å². The number of hydrogen-bond acceptors (Lipinski definition) is 2. The van der Waals surface area contributed by atoms with E-state index >= 15 is 0 Å². The second-order valence-electron chi connectivity index (χ2n) is 5.24. The highest BCUT2D eigenvalue weighted by atomic mass is 127. The van der Waals surface area contributed by atoms with Gasteiger partial charge in [0, 0.05) is 27.2 Å². The van der Waals surface area contributed by atoms with Crippen molar-refractivity contribution in [3.8, 4) is 0 Å². The molecule has 4 nitrogen and oxygen atoms in total. The summed E-state index contributed by atoms with van der Waals surface area (Å²) >= 11 is 0. The third kappa shape index (κ3) is 8.26. The molecule has 1 rings (SSSR count). The summed E-state index contributed by atoms with van der Waals surface area (Å²) in [6, 6.07) is 8.29. The molecule has 0 aliphatic rings. The number of nitrogens with one attached hydrogen (secondary N) is 2. The Balaban J connectivity index is 0.00000400. The van der Waals surface area contributed by atoms with E-state index in [2.05, 4.69) is 41.6 Å². The van der Waals surface area contributed by atoms with Crippen molar-refractivity contribution in [2.45, 2.75) is 33.4 Å². The molecule has 1 aromatic carbocycles. The highest BCUT2D eigenvalue weighted by Crippen LogP contribution is 2.09. The van der Waals surface area contributed by atoms with Gasteiger partial charge < -0.3 is 15.4 Å². The van der Waals surface area contributed by atoms with Gasteiger partial charge in [0.15, 0.2) is 5.96 Å². The standard InChI is InChI=1S/C16H27N3O.HI/c1-13(2)9-10-18-16(17-3)19-11-14-7-5-6-8-15(14)12-20-4;/h5-8,13H,9-12H2,1-4H3,(H2,17,18,19);1H. The zero-order valence-corrected chi connectivity index (χ0v) is 15.8. The maximum Gasteiger partial charge on any atom is 0.191 e. The van der Waals surface area contributed by atoms with Crippen LogP contribution in [0.25, 0.3) is 0 Å². The molecule has 2 N–H and O–H groups in total. The van der Waals surface area contributed by atoms with Gasteiger partial charge in [0.2, 0.25) is 0 Å². The Morgan fingerprint density at radius 2 is 1.86 bits per heavy atom. The van der Waals surface area contributed by atoms with Crippen molar-refractivity contribution in [3.05, 3.63) is 35.4 Å². The van der Waals surface area contributed by atoms with E-state index in [4.69, 9.17) is 4.74 Å². The quantitative estimate of drug-likeness (QED) is 0.416. The molecule has 0 amide bonds. The molecular formula is C16H28IN3O. The summed E-state index contributed by atoms with van der Waals surface area (Å²) in [5, 5.41) is 6.67. The van der Waals surface area contributed by atoms with Gasteiger partial charge in [-0.2, -0.15) is 0 Å². The highest BCUT2D eigenvalue weighted by Gasteiger charge is 2.03. The lowest BCUT2D eigenvalue weighted by molar-refractivity contribution is 0.184. The number of aliphatic imine (C=N–C) groups is 1. The van der Waals surface area contributed by atoms with E-state index in [0.29, 0.717) is 12.5 Å². The summed E-state index contributed by atoms with van der Waals surface area (Å²) < 4.78 is 5.22. The SMILES string of the molecule is CN=C(NCCC(C)C)NCc1ccccc1COC.I. The molecular weight excluding hydrogens is 377 g/mol. The molecule has 120 valence electrons. The van der Waals surface area contributed by atoms with Gasteiger partial charge in [0.25, 0.3) is 0 Å². The number of nitrogens with zero attached hydrogens (tertiary/aromatic N) is 1. The lowest BCUT2D eigenvalue weighted by atomic mass is 10.1. The average molecular weight is 405 g/mol. The number of hydrogen-bond donors (Lipinski definition) is 2. The summed E-state index contributed by atoms with van der Waals surface area (Å²) in [5.74, 6) is 1.54. The molecule has 0 aliphatic heterocycles. The van der Waals surface area contributed by atoms with Crippen molar-refractivity contribution < 1.29 is 4.74 Å². The van der Waals surface area contributed by atoms with Crippen LogP contribution in [0.15, 0.2) is 29.3 Å². The number of rotatable bonds is 7. The van der Waals surface area contributed by atoms with Crippen molar-refractivity contribution in [2.24, 2.45) is 10.9 Å². The summed E-state index contributed by atoms with van der Waals surface area (Å²) in [6.07, 6.45) is 1.14. The van der Waals surface area contributed by atoms with Crippen LogP contribution in [0.2, 0.25) is 0 Å². The minimum absolute atomic E-state index is 0. The Kier molecular flexibility index (Phi) is 11.3. The Hall–Kier alpha value is -0.820. The smallest absolute Gasteiger partial charge is 0.191 e. The topological polar surface area (TPSA) is 45.7 Å². The lowest BCUT2D eigenvalue weighted by Gasteiger charge is -2.14. The van der Waals surface area contributed by atoms with Crippen molar-refractivity contribution >= 4 is 29.9 Å². The van der Waals surface area contributed by atoms with Gasteiger partial charge in [-0.05, 0) is 23.5 Å². The lowest BCUT2D eigenvalue weighted by Crippen LogP contribution is -2.37. The number of methoxy groups -OCH3 is 1. The van der Waals surface area contributed by atoms with Crippen LogP contribution in [0.3, 0.4) is 0 Å². The molecule has 0 aliphatic carbocycles. The van der Waals surface area contributed by atoms with Crippen molar-refractivity contribution in [2.75, 3.05) is 20.7 Å². The zero-order chi connectivity index (χ0) is 14.8. The van der Waals surface area contributed by atoms with E-state index < -0.39 is 0 Å². The second kappa shape index (κ2) is 11.8. The summed E-state index contributed by atoms with van der Waals surface area (Å²) in [5.41, 5.74) is 2.45. The van der Waals surface area contributed by atoms with Crippen LogP contribution in [-0.2, 0) is 17.9 Å². The van der Waals surface area contributed by atoms with Gasteiger partial charge in [-0.15, -0.1) is 24.0 Å². The first-order chi connectivity index (χ1) is 9.67. The summed E-state index contributed by atoms with van der Waals surface area (Å²) in [6.45, 7) is 6.77. The molecule has 0 aromatic heterocycles. The molecule has 1 aromatic rings. The van der Waals surface area contributed by atoms with Crippen LogP contribution in [0.5, 0.6) is 0 Å². The molecule has 5 heteroatoms. The van der Waals surface area contributed by atoms with Crippen LogP contribution in [0.1, 0.15) is 31.4 Å². The van der Waals surface area contributed by atoms with E-state index in [1.165, 1.54) is 11.1 Å². The van der Waals surface area contributed by atoms with E-state index in [0.717, 1.165) is 25.5 Å².